The first-order valence-corrected chi connectivity index (χ1v) is 9.31. The van der Waals surface area contributed by atoms with Crippen LogP contribution in [0, 0.1) is 0 Å². The minimum absolute atomic E-state index is 0.0567. The van der Waals surface area contributed by atoms with Crippen LogP contribution in [0.4, 0.5) is 0 Å². The van der Waals surface area contributed by atoms with Gasteiger partial charge in [-0.1, -0.05) is 18.2 Å². The second-order valence-electron chi connectivity index (χ2n) is 5.94. The molecule has 2 aromatic rings. The zero-order valence-corrected chi connectivity index (χ0v) is 13.6. The minimum Gasteiger partial charge on any atom is -0.461 e. The van der Waals surface area contributed by atoms with Gasteiger partial charge in [0.1, 0.15) is 11.3 Å². The van der Waals surface area contributed by atoms with Crippen LogP contribution in [0.3, 0.4) is 0 Å². The number of nitrogens with two attached hydrogens (primary N) is 1. The van der Waals surface area contributed by atoms with Crippen molar-refractivity contribution in [1.82, 2.24) is 4.90 Å². The number of amides is 1. The largest absolute Gasteiger partial charge is 0.461 e. The summed E-state index contributed by atoms with van der Waals surface area (Å²) in [6.07, 6.45) is 1.99. The monoisotopic (exact) mass is 336 g/mol. The van der Waals surface area contributed by atoms with Gasteiger partial charge in [0.05, 0.1) is 5.25 Å². The van der Waals surface area contributed by atoms with Gasteiger partial charge in [0, 0.05) is 31.3 Å². The van der Waals surface area contributed by atoms with Gasteiger partial charge in [0.2, 0.25) is 15.9 Å². The summed E-state index contributed by atoms with van der Waals surface area (Å²) in [6, 6.07) is 9.63. The summed E-state index contributed by atoms with van der Waals surface area (Å²) in [4.78, 5) is 13.9. The lowest BCUT2D eigenvalue weighted by Crippen LogP contribution is -2.47. The molecule has 1 amide bonds. The van der Waals surface area contributed by atoms with Gasteiger partial charge in [-0.15, -0.1) is 0 Å². The van der Waals surface area contributed by atoms with E-state index < -0.39 is 15.3 Å². The SMILES string of the molecule is NS(=O)(=O)C1CCCN(C(=O)CCc2cc3ccccc3o2)C1. The summed E-state index contributed by atoms with van der Waals surface area (Å²) in [6.45, 7) is 0.781. The Hall–Kier alpha value is -1.86. The van der Waals surface area contributed by atoms with Crippen molar-refractivity contribution in [2.45, 2.75) is 30.9 Å². The van der Waals surface area contributed by atoms with Gasteiger partial charge in [-0.2, -0.15) is 0 Å². The number of piperidine rings is 1. The summed E-state index contributed by atoms with van der Waals surface area (Å²) in [5, 5.41) is 5.57. The zero-order valence-electron chi connectivity index (χ0n) is 12.8. The lowest BCUT2D eigenvalue weighted by atomic mass is 10.1. The molecule has 0 radical (unpaired) electrons. The maximum absolute atomic E-state index is 12.3. The van der Waals surface area contributed by atoms with Crippen molar-refractivity contribution >= 4 is 26.9 Å². The Kier molecular flexibility index (Phi) is 4.41. The van der Waals surface area contributed by atoms with Crippen LogP contribution in [-0.4, -0.2) is 37.6 Å². The maximum atomic E-state index is 12.3. The van der Waals surface area contributed by atoms with Gasteiger partial charge in [0.15, 0.2) is 0 Å². The van der Waals surface area contributed by atoms with Crippen LogP contribution < -0.4 is 5.14 Å². The van der Waals surface area contributed by atoms with Gasteiger partial charge >= 0.3 is 0 Å². The first-order valence-electron chi connectivity index (χ1n) is 7.70. The van der Waals surface area contributed by atoms with Gasteiger partial charge in [-0.05, 0) is 25.0 Å². The van der Waals surface area contributed by atoms with Crippen molar-refractivity contribution in [3.8, 4) is 0 Å². The number of benzene rings is 1. The Balaban J connectivity index is 1.60. The molecule has 2 heterocycles. The molecule has 1 atom stereocenters. The molecule has 1 fully saturated rings. The highest BCUT2D eigenvalue weighted by Gasteiger charge is 2.30. The Bertz CT molecular complexity index is 779. The molecule has 1 aliphatic heterocycles. The molecule has 124 valence electrons. The third kappa shape index (κ3) is 3.73. The van der Waals surface area contributed by atoms with Crippen LogP contribution in [0.15, 0.2) is 34.7 Å². The van der Waals surface area contributed by atoms with E-state index in [9.17, 15) is 13.2 Å². The molecule has 1 aliphatic rings. The second-order valence-corrected chi connectivity index (χ2v) is 7.79. The number of aryl methyl sites for hydroxylation is 1. The normalized spacial score (nSPS) is 19.2. The van der Waals surface area contributed by atoms with Crippen LogP contribution in [0.1, 0.15) is 25.0 Å². The number of sulfonamides is 1. The number of furan rings is 1. The zero-order chi connectivity index (χ0) is 16.4. The highest BCUT2D eigenvalue weighted by Crippen LogP contribution is 2.21. The van der Waals surface area contributed by atoms with Crippen molar-refractivity contribution < 1.29 is 17.6 Å². The highest BCUT2D eigenvalue weighted by molar-refractivity contribution is 7.89. The summed E-state index contributed by atoms with van der Waals surface area (Å²) in [7, 11) is -3.59. The molecule has 0 saturated carbocycles. The predicted octanol–water partition coefficient (Wildman–Crippen LogP) is 1.64. The van der Waals surface area contributed by atoms with Gasteiger partial charge < -0.3 is 9.32 Å². The molecule has 0 spiro atoms. The Morgan fingerprint density at radius 2 is 2.13 bits per heavy atom. The van der Waals surface area contributed by atoms with E-state index in [1.54, 1.807) is 4.90 Å². The van der Waals surface area contributed by atoms with E-state index in [0.717, 1.165) is 16.7 Å². The molecule has 23 heavy (non-hydrogen) atoms. The molecule has 1 saturated heterocycles. The van der Waals surface area contributed by atoms with E-state index in [2.05, 4.69) is 0 Å². The van der Waals surface area contributed by atoms with E-state index >= 15 is 0 Å². The molecule has 2 N–H and O–H groups in total. The van der Waals surface area contributed by atoms with E-state index in [1.807, 2.05) is 30.3 Å². The van der Waals surface area contributed by atoms with Crippen LogP contribution in [0.5, 0.6) is 0 Å². The molecule has 1 unspecified atom stereocenters. The fraction of sp³-hybridized carbons (Fsp3) is 0.438. The first-order chi connectivity index (χ1) is 10.9. The number of likely N-dealkylation sites (tertiary alicyclic amines) is 1. The van der Waals surface area contributed by atoms with Crippen LogP contribution >= 0.6 is 0 Å². The molecule has 3 rings (SSSR count). The third-order valence-corrected chi connectivity index (χ3v) is 5.57. The number of carbonyl (C=O) groups excluding carboxylic acids is 1. The summed E-state index contributed by atoms with van der Waals surface area (Å²) in [5.74, 6) is 0.707. The summed E-state index contributed by atoms with van der Waals surface area (Å²) in [5.41, 5.74) is 0.808. The van der Waals surface area contributed by atoms with Crippen molar-refractivity contribution in [3.63, 3.8) is 0 Å². The number of rotatable bonds is 4. The second kappa shape index (κ2) is 6.33. The summed E-state index contributed by atoms with van der Waals surface area (Å²) >= 11 is 0. The lowest BCUT2D eigenvalue weighted by molar-refractivity contribution is -0.132. The van der Waals surface area contributed by atoms with E-state index in [-0.39, 0.29) is 12.5 Å². The number of fused-ring (bicyclic) bond motifs is 1. The predicted molar refractivity (Wildman–Crippen MR) is 87.2 cm³/mol. The standard InChI is InChI=1S/C16H20N2O4S/c17-23(20,21)14-5-3-9-18(11-14)16(19)8-7-13-10-12-4-1-2-6-15(12)22-13/h1-2,4,6,10,14H,3,5,7-9,11H2,(H2,17,20,21). The number of para-hydroxylation sites is 1. The molecule has 0 aliphatic carbocycles. The molecule has 1 aromatic carbocycles. The van der Waals surface area contributed by atoms with Crippen molar-refractivity contribution in [3.05, 3.63) is 36.1 Å². The van der Waals surface area contributed by atoms with E-state index in [0.29, 0.717) is 32.2 Å². The smallest absolute Gasteiger partial charge is 0.223 e. The van der Waals surface area contributed by atoms with Crippen molar-refractivity contribution in [2.75, 3.05) is 13.1 Å². The topological polar surface area (TPSA) is 93.6 Å². The van der Waals surface area contributed by atoms with Gasteiger partial charge in [-0.25, -0.2) is 13.6 Å². The average Bonchev–Trinajstić information content (AvgIpc) is 2.95. The quantitative estimate of drug-likeness (QED) is 0.918. The van der Waals surface area contributed by atoms with E-state index in [1.165, 1.54) is 0 Å². The number of carbonyl (C=O) groups is 1. The molecule has 6 nitrogen and oxygen atoms in total. The fourth-order valence-corrected chi connectivity index (χ4v) is 3.86. The van der Waals surface area contributed by atoms with Crippen molar-refractivity contribution in [2.24, 2.45) is 5.14 Å². The molecule has 7 heteroatoms. The van der Waals surface area contributed by atoms with Crippen LogP contribution in [0.2, 0.25) is 0 Å². The third-order valence-electron chi connectivity index (χ3n) is 4.26. The molecule has 1 aromatic heterocycles. The number of nitrogens with zero attached hydrogens (tertiary/aromatic N) is 1. The number of primary sulfonamides is 1. The molecular formula is C16H20N2O4S. The van der Waals surface area contributed by atoms with Gasteiger partial charge in [-0.3, -0.25) is 4.79 Å². The van der Waals surface area contributed by atoms with Crippen LogP contribution in [0.25, 0.3) is 11.0 Å². The Morgan fingerprint density at radius 1 is 1.35 bits per heavy atom. The molecular weight excluding hydrogens is 316 g/mol. The average molecular weight is 336 g/mol. The lowest BCUT2D eigenvalue weighted by Gasteiger charge is -2.31. The highest BCUT2D eigenvalue weighted by atomic mass is 32.2. The summed E-state index contributed by atoms with van der Waals surface area (Å²) < 4.78 is 28.6. The maximum Gasteiger partial charge on any atom is 0.223 e. The first kappa shape index (κ1) is 16.0. The molecule has 0 bridgehead atoms. The van der Waals surface area contributed by atoms with Crippen molar-refractivity contribution in [1.29, 1.82) is 0 Å². The Labute approximate surface area is 135 Å². The van der Waals surface area contributed by atoms with Gasteiger partial charge in [0.25, 0.3) is 0 Å². The fourth-order valence-electron chi connectivity index (χ4n) is 2.98. The minimum atomic E-state index is -3.59. The Morgan fingerprint density at radius 3 is 2.87 bits per heavy atom. The van der Waals surface area contributed by atoms with E-state index in [4.69, 9.17) is 9.56 Å². The van der Waals surface area contributed by atoms with Crippen LogP contribution in [-0.2, 0) is 21.2 Å². The number of hydrogen-bond donors (Lipinski definition) is 1. The number of hydrogen-bond acceptors (Lipinski definition) is 4.